The zero-order valence-electron chi connectivity index (χ0n) is 12.6. The van der Waals surface area contributed by atoms with Crippen molar-refractivity contribution in [1.82, 2.24) is 0 Å². The lowest BCUT2D eigenvalue weighted by Crippen LogP contribution is -2.21. The average molecular weight is 281 g/mol. The van der Waals surface area contributed by atoms with E-state index in [1.54, 1.807) is 7.11 Å². The van der Waals surface area contributed by atoms with Crippen molar-refractivity contribution < 1.29 is 14.2 Å². The molecule has 4 heteroatoms. The van der Waals surface area contributed by atoms with Crippen LogP contribution in [0.1, 0.15) is 25.3 Å². The monoisotopic (exact) mass is 281 g/mol. The summed E-state index contributed by atoms with van der Waals surface area (Å²) in [4.78, 5) is 0. The highest BCUT2D eigenvalue weighted by Crippen LogP contribution is 2.15. The Labute approximate surface area is 122 Å². The third-order valence-corrected chi connectivity index (χ3v) is 3.05. The molecule has 1 aromatic rings. The molecule has 0 saturated heterocycles. The first-order chi connectivity index (χ1) is 9.76. The largest absolute Gasteiger partial charge is 0.493 e. The van der Waals surface area contributed by atoms with Crippen LogP contribution in [0.2, 0.25) is 0 Å². The van der Waals surface area contributed by atoms with Crippen molar-refractivity contribution in [3.05, 3.63) is 29.8 Å². The first-order valence-corrected chi connectivity index (χ1v) is 7.30. The summed E-state index contributed by atoms with van der Waals surface area (Å²) in [5.74, 6) is 0.905. The number of nitrogens with two attached hydrogens (primary N) is 1. The van der Waals surface area contributed by atoms with Crippen LogP contribution in [0, 0.1) is 0 Å². The number of methoxy groups -OCH3 is 1. The Morgan fingerprint density at radius 1 is 1.15 bits per heavy atom. The number of hydrogen-bond donors (Lipinski definition) is 1. The first-order valence-electron chi connectivity index (χ1n) is 7.30. The molecule has 1 atom stereocenters. The van der Waals surface area contributed by atoms with E-state index in [0.29, 0.717) is 26.4 Å². The maximum absolute atomic E-state index is 5.97. The van der Waals surface area contributed by atoms with Crippen molar-refractivity contribution in [1.29, 1.82) is 0 Å². The van der Waals surface area contributed by atoms with Crippen LogP contribution in [0.25, 0.3) is 0 Å². The maximum Gasteiger partial charge on any atom is 0.119 e. The third kappa shape index (κ3) is 7.48. The minimum Gasteiger partial charge on any atom is -0.493 e. The van der Waals surface area contributed by atoms with Crippen molar-refractivity contribution >= 4 is 0 Å². The van der Waals surface area contributed by atoms with Crippen LogP contribution in [-0.2, 0) is 15.9 Å². The van der Waals surface area contributed by atoms with E-state index >= 15 is 0 Å². The van der Waals surface area contributed by atoms with E-state index in [1.807, 2.05) is 12.1 Å². The smallest absolute Gasteiger partial charge is 0.119 e. The predicted octanol–water partition coefficient (Wildman–Crippen LogP) is 2.40. The summed E-state index contributed by atoms with van der Waals surface area (Å²) in [6, 6.07) is 8.38. The second-order valence-electron chi connectivity index (χ2n) is 4.83. The van der Waals surface area contributed by atoms with E-state index in [-0.39, 0.29) is 6.04 Å². The molecule has 0 aliphatic rings. The highest BCUT2D eigenvalue weighted by molar-refractivity contribution is 5.29. The molecule has 0 aromatic heterocycles. The van der Waals surface area contributed by atoms with E-state index in [9.17, 15) is 0 Å². The fourth-order valence-electron chi connectivity index (χ4n) is 1.80. The van der Waals surface area contributed by atoms with Crippen molar-refractivity contribution in [2.75, 3.05) is 33.5 Å². The van der Waals surface area contributed by atoms with Gasteiger partial charge in [0, 0.05) is 26.2 Å². The summed E-state index contributed by atoms with van der Waals surface area (Å²) in [6.45, 7) is 4.75. The van der Waals surface area contributed by atoms with Crippen LogP contribution in [0.3, 0.4) is 0 Å². The topological polar surface area (TPSA) is 53.7 Å². The summed E-state index contributed by atoms with van der Waals surface area (Å²) < 4.78 is 16.0. The lowest BCUT2D eigenvalue weighted by atomic mass is 10.0. The molecule has 0 aliphatic carbocycles. The molecule has 2 N–H and O–H groups in total. The highest BCUT2D eigenvalue weighted by atomic mass is 16.5. The second kappa shape index (κ2) is 10.7. The molecule has 0 radical (unpaired) electrons. The van der Waals surface area contributed by atoms with Gasteiger partial charge in [0.15, 0.2) is 0 Å². The van der Waals surface area contributed by atoms with Gasteiger partial charge in [0.2, 0.25) is 0 Å². The average Bonchev–Trinajstić information content (AvgIpc) is 2.46. The number of rotatable bonds is 11. The molecule has 20 heavy (non-hydrogen) atoms. The summed E-state index contributed by atoms with van der Waals surface area (Å²) in [7, 11) is 1.67. The van der Waals surface area contributed by atoms with Gasteiger partial charge in [-0.3, -0.25) is 0 Å². The van der Waals surface area contributed by atoms with Crippen molar-refractivity contribution in [2.45, 2.75) is 32.2 Å². The molecule has 0 aliphatic heterocycles. The van der Waals surface area contributed by atoms with Gasteiger partial charge in [0.1, 0.15) is 5.75 Å². The van der Waals surface area contributed by atoms with Gasteiger partial charge in [0.25, 0.3) is 0 Å². The van der Waals surface area contributed by atoms with Gasteiger partial charge in [-0.2, -0.15) is 0 Å². The molecule has 0 fully saturated rings. The van der Waals surface area contributed by atoms with Crippen LogP contribution < -0.4 is 10.5 Å². The number of benzene rings is 1. The molecular weight excluding hydrogens is 254 g/mol. The molecule has 1 aromatic carbocycles. The van der Waals surface area contributed by atoms with Gasteiger partial charge in [-0.15, -0.1) is 0 Å². The third-order valence-electron chi connectivity index (χ3n) is 3.05. The van der Waals surface area contributed by atoms with E-state index in [4.69, 9.17) is 19.9 Å². The number of hydrogen-bond acceptors (Lipinski definition) is 4. The Hall–Kier alpha value is -1.10. The number of ether oxygens (including phenoxy) is 3. The van der Waals surface area contributed by atoms with Gasteiger partial charge >= 0.3 is 0 Å². The van der Waals surface area contributed by atoms with Crippen LogP contribution in [0.15, 0.2) is 24.3 Å². The van der Waals surface area contributed by atoms with Crippen LogP contribution in [0.4, 0.5) is 0 Å². The Kier molecular flexibility index (Phi) is 9.04. The summed E-state index contributed by atoms with van der Waals surface area (Å²) >= 11 is 0. The fraction of sp³-hybridized carbons (Fsp3) is 0.625. The molecule has 114 valence electrons. The lowest BCUT2D eigenvalue weighted by Gasteiger charge is -2.11. The lowest BCUT2D eigenvalue weighted by molar-refractivity contribution is 0.0644. The standard InChI is InChI=1S/C16H27NO3/c1-3-15(17)12-14-6-4-7-16(13-14)20-9-5-8-19-11-10-18-2/h4,6-7,13,15H,3,5,8-12,17H2,1-2H3. The normalized spacial score (nSPS) is 12.3. The SMILES string of the molecule is CCC(N)Cc1cccc(OCCCOCCOC)c1. The van der Waals surface area contributed by atoms with E-state index < -0.39 is 0 Å². The van der Waals surface area contributed by atoms with Crippen molar-refractivity contribution in [3.63, 3.8) is 0 Å². The molecule has 4 nitrogen and oxygen atoms in total. The van der Waals surface area contributed by atoms with Crippen LogP contribution >= 0.6 is 0 Å². The molecule has 0 heterocycles. The minimum absolute atomic E-state index is 0.222. The Morgan fingerprint density at radius 3 is 2.75 bits per heavy atom. The minimum atomic E-state index is 0.222. The zero-order chi connectivity index (χ0) is 14.6. The quantitative estimate of drug-likeness (QED) is 0.633. The van der Waals surface area contributed by atoms with Gasteiger partial charge in [-0.1, -0.05) is 19.1 Å². The maximum atomic E-state index is 5.97. The molecule has 1 unspecified atom stereocenters. The van der Waals surface area contributed by atoms with Crippen LogP contribution in [0.5, 0.6) is 5.75 Å². The van der Waals surface area contributed by atoms with Gasteiger partial charge in [-0.05, 0) is 30.5 Å². The van der Waals surface area contributed by atoms with Crippen LogP contribution in [-0.4, -0.2) is 39.6 Å². The Morgan fingerprint density at radius 2 is 2.00 bits per heavy atom. The molecule has 1 rings (SSSR count). The zero-order valence-corrected chi connectivity index (χ0v) is 12.6. The molecule has 0 spiro atoms. The molecular formula is C16H27NO3. The van der Waals surface area contributed by atoms with E-state index in [1.165, 1.54) is 5.56 Å². The second-order valence-corrected chi connectivity index (χ2v) is 4.83. The highest BCUT2D eigenvalue weighted by Gasteiger charge is 2.02. The van der Waals surface area contributed by atoms with E-state index in [2.05, 4.69) is 19.1 Å². The molecule has 0 bridgehead atoms. The fourth-order valence-corrected chi connectivity index (χ4v) is 1.80. The van der Waals surface area contributed by atoms with Crippen molar-refractivity contribution in [2.24, 2.45) is 5.73 Å². The Bertz CT molecular complexity index is 357. The Balaban J connectivity index is 2.21. The van der Waals surface area contributed by atoms with Gasteiger partial charge in [0.05, 0.1) is 19.8 Å². The van der Waals surface area contributed by atoms with Gasteiger partial charge in [-0.25, -0.2) is 0 Å². The molecule has 0 saturated carbocycles. The summed E-state index contributed by atoms with van der Waals surface area (Å²) in [5.41, 5.74) is 7.20. The molecule has 0 amide bonds. The predicted molar refractivity (Wildman–Crippen MR) is 81.2 cm³/mol. The first kappa shape index (κ1) is 17.0. The summed E-state index contributed by atoms with van der Waals surface area (Å²) in [6.07, 6.45) is 2.76. The summed E-state index contributed by atoms with van der Waals surface area (Å²) in [5, 5.41) is 0. The van der Waals surface area contributed by atoms with E-state index in [0.717, 1.165) is 25.0 Å². The van der Waals surface area contributed by atoms with Gasteiger partial charge < -0.3 is 19.9 Å². The van der Waals surface area contributed by atoms with Crippen molar-refractivity contribution in [3.8, 4) is 5.75 Å².